The highest BCUT2D eigenvalue weighted by Gasteiger charge is 2.25. The van der Waals surface area contributed by atoms with Crippen molar-refractivity contribution in [2.45, 2.75) is 45.8 Å². The SMILES string of the molecule is CN=C(NCC(OC)C(C)(C)C)NC1CCN(c2cccs2)CC1. The van der Waals surface area contributed by atoms with E-state index in [1.807, 2.05) is 18.4 Å². The van der Waals surface area contributed by atoms with Crippen LogP contribution in [0.2, 0.25) is 0 Å². The zero-order valence-electron chi connectivity index (χ0n) is 15.6. The number of nitrogens with one attached hydrogen (secondary N) is 2. The maximum Gasteiger partial charge on any atom is 0.191 e. The summed E-state index contributed by atoms with van der Waals surface area (Å²) >= 11 is 1.82. The number of rotatable bonds is 5. The van der Waals surface area contributed by atoms with Crippen LogP contribution in [0.4, 0.5) is 5.00 Å². The van der Waals surface area contributed by atoms with E-state index < -0.39 is 0 Å². The molecular formula is C18H32N4OS. The molecule has 1 atom stereocenters. The molecule has 0 amide bonds. The van der Waals surface area contributed by atoms with Gasteiger partial charge in [-0.25, -0.2) is 0 Å². The number of anilines is 1. The van der Waals surface area contributed by atoms with Gasteiger partial charge in [0.25, 0.3) is 0 Å². The lowest BCUT2D eigenvalue weighted by atomic mass is 9.89. The van der Waals surface area contributed by atoms with Gasteiger partial charge in [-0.1, -0.05) is 20.8 Å². The quantitative estimate of drug-likeness (QED) is 0.632. The molecule has 1 aromatic heterocycles. The summed E-state index contributed by atoms with van der Waals surface area (Å²) in [5.41, 5.74) is 0.104. The van der Waals surface area contributed by atoms with Crippen molar-refractivity contribution in [2.75, 3.05) is 38.7 Å². The van der Waals surface area contributed by atoms with Gasteiger partial charge in [0.1, 0.15) is 0 Å². The number of thiophene rings is 1. The summed E-state index contributed by atoms with van der Waals surface area (Å²) in [5.74, 6) is 0.871. The van der Waals surface area contributed by atoms with Crippen LogP contribution in [-0.4, -0.2) is 51.9 Å². The standard InChI is InChI=1S/C18H32N4OS/c1-18(2,3)15(23-5)13-20-17(19-4)21-14-8-10-22(11-9-14)16-7-6-12-24-16/h6-7,12,14-15H,8-11,13H2,1-5H3,(H2,19,20,21). The Kier molecular flexibility index (Phi) is 6.92. The first-order valence-electron chi connectivity index (χ1n) is 8.72. The highest BCUT2D eigenvalue weighted by atomic mass is 32.1. The van der Waals surface area contributed by atoms with Gasteiger partial charge >= 0.3 is 0 Å². The lowest BCUT2D eigenvalue weighted by Gasteiger charge is -2.34. The minimum atomic E-state index is 0.104. The Labute approximate surface area is 150 Å². The van der Waals surface area contributed by atoms with Gasteiger partial charge in [0.2, 0.25) is 0 Å². The fraction of sp³-hybridized carbons (Fsp3) is 0.722. The summed E-state index contributed by atoms with van der Waals surface area (Å²) in [5, 5.41) is 10.5. The average molecular weight is 353 g/mol. The number of nitrogens with zero attached hydrogens (tertiary/aromatic N) is 2. The van der Waals surface area contributed by atoms with E-state index in [2.05, 4.69) is 58.8 Å². The van der Waals surface area contributed by atoms with E-state index in [1.54, 1.807) is 7.11 Å². The molecule has 6 heteroatoms. The zero-order valence-corrected chi connectivity index (χ0v) is 16.4. The molecule has 2 rings (SSSR count). The Balaban J connectivity index is 1.78. The molecule has 0 aromatic carbocycles. The molecule has 0 radical (unpaired) electrons. The first-order valence-corrected chi connectivity index (χ1v) is 9.60. The van der Waals surface area contributed by atoms with E-state index in [0.29, 0.717) is 6.04 Å². The van der Waals surface area contributed by atoms with Crippen molar-refractivity contribution in [1.29, 1.82) is 0 Å². The van der Waals surface area contributed by atoms with Crippen molar-refractivity contribution in [1.82, 2.24) is 10.6 Å². The van der Waals surface area contributed by atoms with Crippen molar-refractivity contribution in [3.8, 4) is 0 Å². The predicted molar refractivity (Wildman–Crippen MR) is 104 cm³/mol. The number of ether oxygens (including phenoxy) is 1. The topological polar surface area (TPSA) is 48.9 Å². The summed E-state index contributed by atoms with van der Waals surface area (Å²) in [6.07, 6.45) is 2.41. The Morgan fingerprint density at radius 3 is 2.62 bits per heavy atom. The van der Waals surface area contributed by atoms with Crippen molar-refractivity contribution < 1.29 is 4.74 Å². The molecule has 0 aliphatic carbocycles. The van der Waals surface area contributed by atoms with Crippen LogP contribution < -0.4 is 15.5 Å². The van der Waals surface area contributed by atoms with Gasteiger partial charge < -0.3 is 20.3 Å². The monoisotopic (exact) mass is 352 g/mol. The summed E-state index contributed by atoms with van der Waals surface area (Å²) in [4.78, 5) is 6.84. The molecule has 24 heavy (non-hydrogen) atoms. The molecule has 2 N–H and O–H groups in total. The molecule has 1 aliphatic rings. The highest BCUT2D eigenvalue weighted by molar-refractivity contribution is 7.14. The maximum absolute atomic E-state index is 5.60. The number of aliphatic imine (C=N–C) groups is 1. The van der Waals surface area contributed by atoms with Crippen molar-refractivity contribution >= 4 is 22.3 Å². The molecule has 0 spiro atoms. The minimum absolute atomic E-state index is 0.104. The molecule has 1 aromatic rings. The zero-order chi connectivity index (χ0) is 17.6. The second kappa shape index (κ2) is 8.72. The van der Waals surface area contributed by atoms with Crippen LogP contribution in [0.5, 0.6) is 0 Å². The van der Waals surface area contributed by atoms with Crippen LogP contribution in [0.3, 0.4) is 0 Å². The lowest BCUT2D eigenvalue weighted by molar-refractivity contribution is 0.0205. The van der Waals surface area contributed by atoms with Crippen molar-refractivity contribution in [3.05, 3.63) is 17.5 Å². The van der Waals surface area contributed by atoms with Gasteiger partial charge in [-0.2, -0.15) is 0 Å². The number of hydrogen-bond acceptors (Lipinski definition) is 4. The van der Waals surface area contributed by atoms with E-state index in [1.165, 1.54) is 5.00 Å². The van der Waals surface area contributed by atoms with Gasteiger partial charge in [-0.15, -0.1) is 11.3 Å². The molecule has 136 valence electrons. The van der Waals surface area contributed by atoms with Gasteiger partial charge in [-0.3, -0.25) is 4.99 Å². The molecule has 1 aliphatic heterocycles. The summed E-state index contributed by atoms with van der Waals surface area (Å²) in [6.45, 7) is 9.53. The highest BCUT2D eigenvalue weighted by Crippen LogP contribution is 2.25. The Hall–Kier alpha value is -1.27. The molecule has 1 saturated heterocycles. The van der Waals surface area contributed by atoms with E-state index in [0.717, 1.165) is 38.4 Å². The number of guanidine groups is 1. The van der Waals surface area contributed by atoms with Crippen LogP contribution in [0, 0.1) is 5.41 Å². The van der Waals surface area contributed by atoms with Crippen LogP contribution >= 0.6 is 11.3 Å². The number of methoxy groups -OCH3 is 1. The van der Waals surface area contributed by atoms with Crippen molar-refractivity contribution in [2.24, 2.45) is 10.4 Å². The Morgan fingerprint density at radius 1 is 1.42 bits per heavy atom. The predicted octanol–water partition coefficient (Wildman–Crippen LogP) is 2.94. The van der Waals surface area contributed by atoms with Gasteiger partial charge in [0.15, 0.2) is 5.96 Å². The van der Waals surface area contributed by atoms with Crippen LogP contribution in [-0.2, 0) is 4.74 Å². The van der Waals surface area contributed by atoms with E-state index in [4.69, 9.17) is 4.74 Å². The molecule has 2 heterocycles. The molecule has 0 saturated carbocycles. The fourth-order valence-corrected chi connectivity index (χ4v) is 3.80. The molecule has 1 fully saturated rings. The van der Waals surface area contributed by atoms with Crippen LogP contribution in [0.15, 0.2) is 22.5 Å². The molecule has 1 unspecified atom stereocenters. The maximum atomic E-state index is 5.60. The molecular weight excluding hydrogens is 320 g/mol. The minimum Gasteiger partial charge on any atom is -0.379 e. The molecule has 5 nitrogen and oxygen atoms in total. The van der Waals surface area contributed by atoms with Gasteiger partial charge in [0.05, 0.1) is 11.1 Å². The second-order valence-electron chi connectivity index (χ2n) is 7.40. The Bertz CT molecular complexity index is 502. The van der Waals surface area contributed by atoms with Crippen LogP contribution in [0.25, 0.3) is 0 Å². The normalized spacial score (nSPS) is 18.5. The first-order chi connectivity index (χ1) is 11.4. The largest absolute Gasteiger partial charge is 0.379 e. The van der Waals surface area contributed by atoms with Gasteiger partial charge in [-0.05, 0) is 35.8 Å². The fourth-order valence-electron chi connectivity index (χ4n) is 3.01. The second-order valence-corrected chi connectivity index (χ2v) is 8.33. The Morgan fingerprint density at radius 2 is 2.12 bits per heavy atom. The summed E-state index contributed by atoms with van der Waals surface area (Å²) < 4.78 is 5.60. The van der Waals surface area contributed by atoms with E-state index >= 15 is 0 Å². The van der Waals surface area contributed by atoms with E-state index in [9.17, 15) is 0 Å². The summed E-state index contributed by atoms with van der Waals surface area (Å²) in [6, 6.07) is 4.80. The number of piperidine rings is 1. The third-order valence-electron chi connectivity index (χ3n) is 4.58. The third-order valence-corrected chi connectivity index (χ3v) is 5.51. The first kappa shape index (κ1) is 19.1. The van der Waals surface area contributed by atoms with Gasteiger partial charge in [0, 0.05) is 39.8 Å². The third kappa shape index (κ3) is 5.38. The van der Waals surface area contributed by atoms with Crippen LogP contribution in [0.1, 0.15) is 33.6 Å². The smallest absolute Gasteiger partial charge is 0.191 e. The number of hydrogen-bond donors (Lipinski definition) is 2. The summed E-state index contributed by atoms with van der Waals surface area (Å²) in [7, 11) is 3.60. The van der Waals surface area contributed by atoms with Crippen molar-refractivity contribution in [3.63, 3.8) is 0 Å². The van der Waals surface area contributed by atoms with E-state index in [-0.39, 0.29) is 11.5 Å². The molecule has 0 bridgehead atoms. The lowest BCUT2D eigenvalue weighted by Crippen LogP contribution is -2.51. The average Bonchev–Trinajstić information content (AvgIpc) is 3.08.